The van der Waals surface area contributed by atoms with Gasteiger partial charge in [0.05, 0.1) is 24.2 Å². The summed E-state index contributed by atoms with van der Waals surface area (Å²) in [6.45, 7) is 2.10. The molecule has 0 aliphatic carbocycles. The maximum atomic E-state index is 13.4. The molecule has 0 bridgehead atoms. The minimum Gasteiger partial charge on any atom is -0.497 e. The Hall–Kier alpha value is -2.86. The second-order valence-corrected chi connectivity index (χ2v) is 7.70. The highest BCUT2D eigenvalue weighted by molar-refractivity contribution is 7.92. The summed E-state index contributed by atoms with van der Waals surface area (Å²) in [6.07, 6.45) is 3.34. The first kappa shape index (κ1) is 17.9. The molecule has 0 saturated heterocycles. The Balaban J connectivity index is 2.08. The average molecular weight is 368 g/mol. The van der Waals surface area contributed by atoms with Crippen molar-refractivity contribution in [2.24, 2.45) is 0 Å². The van der Waals surface area contributed by atoms with Crippen LogP contribution in [0.4, 0.5) is 5.69 Å². The molecule has 0 N–H and O–H groups in total. The standard InChI is InChI=1S/C20H20N2O3S/c1-16-6-3-4-8-20(16)22(15-17-7-5-13-21-14-17)26(23,24)19-11-9-18(25-2)10-12-19/h3-14H,15H2,1-2H3. The number of rotatable bonds is 6. The van der Waals surface area contributed by atoms with Crippen LogP contribution in [0.2, 0.25) is 0 Å². The molecule has 0 unspecified atom stereocenters. The summed E-state index contributed by atoms with van der Waals surface area (Å²) in [6, 6.07) is 17.5. The van der Waals surface area contributed by atoms with E-state index in [0.29, 0.717) is 11.4 Å². The van der Waals surface area contributed by atoms with Crippen molar-refractivity contribution in [2.45, 2.75) is 18.4 Å². The fourth-order valence-electron chi connectivity index (χ4n) is 2.68. The van der Waals surface area contributed by atoms with E-state index < -0.39 is 10.0 Å². The molecule has 3 aromatic rings. The normalized spacial score (nSPS) is 11.2. The molecule has 0 spiro atoms. The molecule has 6 heteroatoms. The van der Waals surface area contributed by atoms with E-state index in [1.165, 1.54) is 4.31 Å². The lowest BCUT2D eigenvalue weighted by Gasteiger charge is -2.26. The van der Waals surface area contributed by atoms with Crippen molar-refractivity contribution < 1.29 is 13.2 Å². The lowest BCUT2D eigenvalue weighted by atomic mass is 10.2. The summed E-state index contributed by atoms with van der Waals surface area (Å²) >= 11 is 0. The molecule has 3 rings (SSSR count). The number of nitrogens with zero attached hydrogens (tertiary/aromatic N) is 2. The minimum atomic E-state index is -3.75. The maximum Gasteiger partial charge on any atom is 0.264 e. The number of para-hydroxylation sites is 1. The monoisotopic (exact) mass is 368 g/mol. The highest BCUT2D eigenvalue weighted by atomic mass is 32.2. The third kappa shape index (κ3) is 3.70. The van der Waals surface area contributed by atoms with Crippen LogP contribution in [0.3, 0.4) is 0 Å². The zero-order chi connectivity index (χ0) is 18.6. The van der Waals surface area contributed by atoms with Crippen molar-refractivity contribution in [3.8, 4) is 5.75 Å². The summed E-state index contributed by atoms with van der Waals surface area (Å²) in [5.74, 6) is 0.610. The molecule has 1 aromatic heterocycles. The Bertz CT molecular complexity index is 971. The van der Waals surface area contributed by atoms with Crippen LogP contribution < -0.4 is 9.04 Å². The van der Waals surface area contributed by atoms with Crippen LogP contribution in [0.15, 0.2) is 78.0 Å². The molecule has 1 heterocycles. The Morgan fingerprint density at radius 3 is 2.35 bits per heavy atom. The second kappa shape index (κ2) is 7.58. The van der Waals surface area contributed by atoms with E-state index in [1.54, 1.807) is 49.8 Å². The van der Waals surface area contributed by atoms with Crippen molar-refractivity contribution >= 4 is 15.7 Å². The van der Waals surface area contributed by atoms with Gasteiger partial charge < -0.3 is 4.74 Å². The van der Waals surface area contributed by atoms with Crippen LogP contribution in [0.1, 0.15) is 11.1 Å². The van der Waals surface area contributed by atoms with E-state index in [-0.39, 0.29) is 11.4 Å². The molecular weight excluding hydrogens is 348 g/mol. The summed E-state index contributed by atoms with van der Waals surface area (Å²) in [4.78, 5) is 4.31. The van der Waals surface area contributed by atoms with Gasteiger partial charge in [0.1, 0.15) is 5.75 Å². The van der Waals surface area contributed by atoms with Gasteiger partial charge in [0.2, 0.25) is 0 Å². The SMILES string of the molecule is COc1ccc(S(=O)(=O)N(Cc2cccnc2)c2ccccc2C)cc1. The van der Waals surface area contributed by atoms with Crippen molar-refractivity contribution in [1.29, 1.82) is 0 Å². The molecule has 0 atom stereocenters. The first-order valence-electron chi connectivity index (χ1n) is 8.13. The first-order chi connectivity index (χ1) is 12.5. The summed E-state index contributed by atoms with van der Waals surface area (Å²) in [5.41, 5.74) is 2.34. The summed E-state index contributed by atoms with van der Waals surface area (Å²) in [7, 11) is -2.20. The predicted octanol–water partition coefficient (Wildman–Crippen LogP) is 3.79. The number of hydrogen-bond donors (Lipinski definition) is 0. The van der Waals surface area contributed by atoms with Crippen LogP contribution in [0.25, 0.3) is 0 Å². The van der Waals surface area contributed by atoms with Gasteiger partial charge in [0.25, 0.3) is 10.0 Å². The molecule has 0 amide bonds. The fraction of sp³-hybridized carbons (Fsp3) is 0.150. The van der Waals surface area contributed by atoms with Crippen LogP contribution in [0.5, 0.6) is 5.75 Å². The molecule has 0 saturated carbocycles. The highest BCUT2D eigenvalue weighted by Gasteiger charge is 2.26. The van der Waals surface area contributed by atoms with E-state index in [2.05, 4.69) is 4.98 Å². The smallest absolute Gasteiger partial charge is 0.264 e. The Morgan fingerprint density at radius 1 is 1.00 bits per heavy atom. The van der Waals surface area contributed by atoms with Gasteiger partial charge in [-0.2, -0.15) is 0 Å². The number of pyridine rings is 1. The zero-order valence-corrected chi connectivity index (χ0v) is 15.5. The summed E-state index contributed by atoms with van der Waals surface area (Å²) in [5, 5.41) is 0. The predicted molar refractivity (Wildman–Crippen MR) is 102 cm³/mol. The molecule has 134 valence electrons. The molecule has 26 heavy (non-hydrogen) atoms. The largest absolute Gasteiger partial charge is 0.497 e. The maximum absolute atomic E-state index is 13.4. The lowest BCUT2D eigenvalue weighted by Crippen LogP contribution is -2.31. The number of benzene rings is 2. The van der Waals surface area contributed by atoms with E-state index >= 15 is 0 Å². The molecular formula is C20H20N2O3S. The van der Waals surface area contributed by atoms with Gasteiger partial charge in [0, 0.05) is 12.4 Å². The quantitative estimate of drug-likeness (QED) is 0.664. The molecule has 0 aliphatic heterocycles. The number of sulfonamides is 1. The van der Waals surface area contributed by atoms with Crippen LogP contribution in [-0.4, -0.2) is 20.5 Å². The average Bonchev–Trinajstić information content (AvgIpc) is 2.67. The summed E-state index contributed by atoms with van der Waals surface area (Å²) < 4.78 is 33.3. The highest BCUT2D eigenvalue weighted by Crippen LogP contribution is 2.29. The van der Waals surface area contributed by atoms with Crippen molar-refractivity contribution in [2.75, 3.05) is 11.4 Å². The number of hydrogen-bond acceptors (Lipinski definition) is 4. The first-order valence-corrected chi connectivity index (χ1v) is 9.57. The number of ether oxygens (including phenoxy) is 1. The van der Waals surface area contributed by atoms with E-state index in [1.807, 2.05) is 37.3 Å². The lowest BCUT2D eigenvalue weighted by molar-refractivity contribution is 0.414. The van der Waals surface area contributed by atoms with Crippen LogP contribution >= 0.6 is 0 Å². The van der Waals surface area contributed by atoms with E-state index in [0.717, 1.165) is 11.1 Å². The van der Waals surface area contributed by atoms with Crippen LogP contribution in [0, 0.1) is 6.92 Å². The molecule has 2 aromatic carbocycles. The Labute approximate surface area is 153 Å². The number of aryl methyl sites for hydroxylation is 1. The van der Waals surface area contributed by atoms with Crippen molar-refractivity contribution in [3.05, 3.63) is 84.2 Å². The van der Waals surface area contributed by atoms with Gasteiger partial charge in [-0.1, -0.05) is 24.3 Å². The fourth-order valence-corrected chi connectivity index (χ4v) is 4.19. The molecule has 0 aliphatic rings. The Morgan fingerprint density at radius 2 is 1.73 bits per heavy atom. The van der Waals surface area contributed by atoms with Gasteiger partial charge in [-0.15, -0.1) is 0 Å². The minimum absolute atomic E-state index is 0.201. The second-order valence-electron chi connectivity index (χ2n) is 5.83. The molecule has 0 fully saturated rings. The third-order valence-corrected chi connectivity index (χ3v) is 5.85. The van der Waals surface area contributed by atoms with Crippen LogP contribution in [-0.2, 0) is 16.6 Å². The van der Waals surface area contributed by atoms with Crippen molar-refractivity contribution in [3.63, 3.8) is 0 Å². The van der Waals surface area contributed by atoms with Gasteiger partial charge >= 0.3 is 0 Å². The van der Waals surface area contributed by atoms with Gasteiger partial charge in [-0.05, 0) is 54.4 Å². The third-order valence-electron chi connectivity index (χ3n) is 4.08. The van der Waals surface area contributed by atoms with Crippen molar-refractivity contribution in [1.82, 2.24) is 4.98 Å². The van der Waals surface area contributed by atoms with Gasteiger partial charge in [-0.3, -0.25) is 9.29 Å². The zero-order valence-electron chi connectivity index (χ0n) is 14.7. The number of methoxy groups -OCH3 is 1. The topological polar surface area (TPSA) is 59.5 Å². The molecule has 0 radical (unpaired) electrons. The number of anilines is 1. The van der Waals surface area contributed by atoms with E-state index in [9.17, 15) is 8.42 Å². The Kier molecular flexibility index (Phi) is 5.23. The number of aromatic nitrogens is 1. The van der Waals surface area contributed by atoms with E-state index in [4.69, 9.17) is 4.74 Å². The van der Waals surface area contributed by atoms with Gasteiger partial charge in [-0.25, -0.2) is 8.42 Å². The van der Waals surface area contributed by atoms with Gasteiger partial charge in [0.15, 0.2) is 0 Å². The molecule has 5 nitrogen and oxygen atoms in total.